The first-order valence-electron chi connectivity index (χ1n) is 12.5. The second-order valence-electron chi connectivity index (χ2n) is 8.96. The van der Waals surface area contributed by atoms with Gasteiger partial charge in [-0.3, -0.25) is 15.0 Å². The number of ether oxygens (including phenoxy) is 1. The molecule has 0 saturated carbocycles. The molecule has 0 aliphatic carbocycles. The monoisotopic (exact) mass is 546 g/mol. The molecule has 202 valence electrons. The lowest BCUT2D eigenvalue weighted by Gasteiger charge is -2.32. The topological polar surface area (TPSA) is 136 Å². The maximum absolute atomic E-state index is 13.8. The van der Waals surface area contributed by atoms with Crippen LogP contribution in [0.3, 0.4) is 0 Å². The van der Waals surface area contributed by atoms with Gasteiger partial charge >= 0.3 is 0 Å². The van der Waals surface area contributed by atoms with Crippen LogP contribution in [0.1, 0.15) is 23.6 Å². The summed E-state index contributed by atoms with van der Waals surface area (Å²) in [5.41, 5.74) is 8.59. The van der Waals surface area contributed by atoms with E-state index in [1.165, 1.54) is 0 Å². The van der Waals surface area contributed by atoms with Crippen LogP contribution in [-0.2, 0) is 16.0 Å². The molecule has 0 radical (unpaired) electrons. The number of benzene rings is 3. The molecule has 0 aliphatic heterocycles. The van der Waals surface area contributed by atoms with E-state index >= 15 is 0 Å². The van der Waals surface area contributed by atoms with E-state index in [9.17, 15) is 9.59 Å². The molecular weight excluding hydrogens is 516 g/mol. The standard InChI is InChI=1S/C29H31ClN6O3/c1-39-23-11-12-25-24(17-23)20(18-34-25)14-16-36(26(37)13-15-33-29(31)32)27(19-7-9-21(30)10-8-19)28(38)35-22-5-3-2-4-6-22/h2-12,17-18,27,34H,13-16H2,1H3,(H,35,38)(H4,31,32,33). The maximum atomic E-state index is 13.8. The summed E-state index contributed by atoms with van der Waals surface area (Å²) >= 11 is 6.14. The Kier molecular flexibility index (Phi) is 9.06. The number of carbonyl (C=O) groups is 2. The van der Waals surface area contributed by atoms with E-state index in [1.807, 2.05) is 42.6 Å². The molecule has 6 N–H and O–H groups in total. The Morgan fingerprint density at radius 3 is 2.54 bits per heavy atom. The molecule has 0 saturated heterocycles. The van der Waals surface area contributed by atoms with Crippen molar-refractivity contribution in [3.63, 3.8) is 0 Å². The van der Waals surface area contributed by atoms with Gasteiger partial charge in [-0.15, -0.1) is 0 Å². The number of H-pyrrole nitrogens is 1. The lowest BCUT2D eigenvalue weighted by molar-refractivity contribution is -0.138. The number of halogens is 1. The van der Waals surface area contributed by atoms with Gasteiger partial charge in [-0.1, -0.05) is 41.9 Å². The highest BCUT2D eigenvalue weighted by Gasteiger charge is 2.31. The normalized spacial score (nSPS) is 11.5. The van der Waals surface area contributed by atoms with E-state index in [1.54, 1.807) is 48.4 Å². The van der Waals surface area contributed by atoms with Crippen LogP contribution in [0.5, 0.6) is 5.75 Å². The molecule has 1 unspecified atom stereocenters. The Balaban J connectivity index is 1.68. The first-order chi connectivity index (χ1) is 18.9. The number of guanidine groups is 1. The third-order valence-electron chi connectivity index (χ3n) is 6.36. The lowest BCUT2D eigenvalue weighted by Crippen LogP contribution is -2.44. The van der Waals surface area contributed by atoms with Gasteiger partial charge in [0.2, 0.25) is 5.91 Å². The zero-order valence-electron chi connectivity index (χ0n) is 21.5. The van der Waals surface area contributed by atoms with Crippen LogP contribution < -0.4 is 21.1 Å². The Morgan fingerprint density at radius 2 is 1.85 bits per heavy atom. The molecule has 0 bridgehead atoms. The fraction of sp³-hybridized carbons (Fsp3) is 0.207. The SMILES string of the molecule is COc1ccc2[nH]cc(CCN(C(=O)CCNC(=N)N)C(C(=O)Nc3ccccc3)c3ccc(Cl)cc3)c2c1. The van der Waals surface area contributed by atoms with Gasteiger partial charge in [-0.2, -0.15) is 0 Å². The molecule has 1 atom stereocenters. The molecule has 1 heterocycles. The predicted molar refractivity (Wildman–Crippen MR) is 154 cm³/mol. The Bertz CT molecular complexity index is 1440. The summed E-state index contributed by atoms with van der Waals surface area (Å²) in [5, 5.41) is 14.5. The minimum atomic E-state index is -0.924. The number of nitrogens with two attached hydrogens (primary N) is 1. The molecule has 4 rings (SSSR count). The molecule has 0 spiro atoms. The number of carbonyl (C=O) groups excluding carboxylic acids is 2. The summed E-state index contributed by atoms with van der Waals surface area (Å²) in [6, 6.07) is 20.8. The third kappa shape index (κ3) is 7.08. The third-order valence-corrected chi connectivity index (χ3v) is 6.61. The van der Waals surface area contributed by atoms with Crippen LogP contribution in [0.15, 0.2) is 79.0 Å². The molecular formula is C29H31ClN6O3. The average Bonchev–Trinajstić information content (AvgIpc) is 3.34. The van der Waals surface area contributed by atoms with Gasteiger partial charge in [0.25, 0.3) is 5.91 Å². The highest BCUT2D eigenvalue weighted by Crippen LogP contribution is 2.28. The Labute approximate surface area is 231 Å². The number of aromatic amines is 1. The van der Waals surface area contributed by atoms with Crippen LogP contribution in [0, 0.1) is 5.41 Å². The van der Waals surface area contributed by atoms with Crippen molar-refractivity contribution in [1.29, 1.82) is 5.41 Å². The molecule has 10 heteroatoms. The van der Waals surface area contributed by atoms with Crippen LogP contribution in [-0.4, -0.2) is 47.9 Å². The van der Waals surface area contributed by atoms with Crippen molar-refractivity contribution in [2.24, 2.45) is 5.73 Å². The van der Waals surface area contributed by atoms with Gasteiger partial charge < -0.3 is 31.0 Å². The van der Waals surface area contributed by atoms with Crippen LogP contribution in [0.25, 0.3) is 10.9 Å². The summed E-state index contributed by atoms with van der Waals surface area (Å²) in [7, 11) is 1.62. The fourth-order valence-electron chi connectivity index (χ4n) is 4.43. The number of nitrogens with one attached hydrogen (secondary N) is 4. The van der Waals surface area contributed by atoms with Crippen molar-refractivity contribution in [3.8, 4) is 5.75 Å². The highest BCUT2D eigenvalue weighted by atomic mass is 35.5. The zero-order chi connectivity index (χ0) is 27.8. The number of rotatable bonds is 11. The summed E-state index contributed by atoms with van der Waals surface area (Å²) in [6.45, 7) is 0.432. The molecule has 2 amide bonds. The van der Waals surface area contributed by atoms with E-state index in [4.69, 9.17) is 27.5 Å². The van der Waals surface area contributed by atoms with Crippen molar-refractivity contribution < 1.29 is 14.3 Å². The average molecular weight is 547 g/mol. The molecule has 39 heavy (non-hydrogen) atoms. The second kappa shape index (κ2) is 12.8. The van der Waals surface area contributed by atoms with Gasteiger partial charge in [-0.25, -0.2) is 0 Å². The van der Waals surface area contributed by atoms with Crippen molar-refractivity contribution in [1.82, 2.24) is 15.2 Å². The summed E-state index contributed by atoms with van der Waals surface area (Å²) in [5.74, 6) is -0.104. The second-order valence-corrected chi connectivity index (χ2v) is 9.40. The maximum Gasteiger partial charge on any atom is 0.251 e. The van der Waals surface area contributed by atoms with Crippen LogP contribution in [0.4, 0.5) is 5.69 Å². The minimum Gasteiger partial charge on any atom is -0.497 e. The first-order valence-corrected chi connectivity index (χ1v) is 12.9. The molecule has 3 aromatic carbocycles. The quantitative estimate of drug-likeness (QED) is 0.140. The Morgan fingerprint density at radius 1 is 1.10 bits per heavy atom. The van der Waals surface area contributed by atoms with E-state index in [0.717, 1.165) is 22.2 Å². The largest absolute Gasteiger partial charge is 0.497 e. The lowest BCUT2D eigenvalue weighted by atomic mass is 10.0. The highest BCUT2D eigenvalue weighted by molar-refractivity contribution is 6.30. The summed E-state index contributed by atoms with van der Waals surface area (Å²) in [6.07, 6.45) is 2.44. The number of amides is 2. The number of anilines is 1. The minimum absolute atomic E-state index is 0.0456. The molecule has 0 fully saturated rings. The van der Waals surface area contributed by atoms with E-state index in [-0.39, 0.29) is 37.3 Å². The summed E-state index contributed by atoms with van der Waals surface area (Å²) in [4.78, 5) is 32.2. The van der Waals surface area contributed by atoms with Crippen molar-refractivity contribution in [2.45, 2.75) is 18.9 Å². The van der Waals surface area contributed by atoms with E-state index in [0.29, 0.717) is 22.7 Å². The van der Waals surface area contributed by atoms with E-state index < -0.39 is 6.04 Å². The number of hydrogen-bond donors (Lipinski definition) is 5. The van der Waals surface area contributed by atoms with Crippen molar-refractivity contribution in [3.05, 3.63) is 95.1 Å². The zero-order valence-corrected chi connectivity index (χ0v) is 22.3. The number of nitrogens with zero attached hydrogens (tertiary/aromatic N) is 1. The van der Waals surface area contributed by atoms with Gasteiger partial charge in [0.1, 0.15) is 11.8 Å². The molecule has 1 aromatic heterocycles. The van der Waals surface area contributed by atoms with Gasteiger partial charge in [-0.05, 0) is 60.0 Å². The molecule has 4 aromatic rings. The summed E-state index contributed by atoms with van der Waals surface area (Å²) < 4.78 is 5.39. The number of aromatic nitrogens is 1. The van der Waals surface area contributed by atoms with Crippen LogP contribution in [0.2, 0.25) is 5.02 Å². The molecule has 0 aliphatic rings. The fourth-order valence-corrected chi connectivity index (χ4v) is 4.55. The smallest absolute Gasteiger partial charge is 0.251 e. The number of fused-ring (bicyclic) bond motifs is 1. The van der Waals surface area contributed by atoms with E-state index in [2.05, 4.69) is 15.6 Å². The van der Waals surface area contributed by atoms with Gasteiger partial charge in [0.15, 0.2) is 5.96 Å². The van der Waals surface area contributed by atoms with Crippen LogP contribution >= 0.6 is 11.6 Å². The Hall–Kier alpha value is -4.50. The number of hydrogen-bond acceptors (Lipinski definition) is 4. The van der Waals surface area contributed by atoms with Gasteiger partial charge in [0.05, 0.1) is 7.11 Å². The van der Waals surface area contributed by atoms with Crippen molar-refractivity contribution >= 4 is 46.0 Å². The molecule has 9 nitrogen and oxygen atoms in total. The number of methoxy groups -OCH3 is 1. The first kappa shape index (κ1) is 27.5. The number of para-hydroxylation sites is 1. The van der Waals surface area contributed by atoms with Gasteiger partial charge in [0, 0.05) is 47.3 Å². The predicted octanol–water partition coefficient (Wildman–Crippen LogP) is 4.45. The van der Waals surface area contributed by atoms with Crippen molar-refractivity contribution in [2.75, 3.05) is 25.5 Å².